The van der Waals surface area contributed by atoms with Crippen molar-refractivity contribution >= 4 is 22.4 Å². The highest BCUT2D eigenvalue weighted by Crippen LogP contribution is 2.26. The Morgan fingerprint density at radius 3 is 2.59 bits per heavy atom. The Hall–Kier alpha value is -3.06. The molecule has 0 aliphatic carbocycles. The fourth-order valence-electron chi connectivity index (χ4n) is 3.06. The molecule has 0 radical (unpaired) electrons. The van der Waals surface area contributed by atoms with E-state index in [4.69, 9.17) is 0 Å². The van der Waals surface area contributed by atoms with Crippen molar-refractivity contribution in [3.8, 4) is 11.4 Å². The maximum Gasteiger partial charge on any atom is 0.270 e. The highest BCUT2D eigenvalue weighted by molar-refractivity contribution is 5.90. The standard InChI is InChI=1S/C20H23N5O2/c1-3-24(4-2)13-12-21-20-17-10-5-6-11-18(17)22-19(23-20)15-8-7-9-16(14-15)25(26)27/h5-11,14H,3-4,12-13H2,1-2H3,(H,21,22,23)/p+1. The van der Waals surface area contributed by atoms with Gasteiger partial charge in [-0.15, -0.1) is 0 Å². The van der Waals surface area contributed by atoms with Gasteiger partial charge in [0.25, 0.3) is 5.69 Å². The van der Waals surface area contributed by atoms with Crippen molar-refractivity contribution in [1.29, 1.82) is 0 Å². The van der Waals surface area contributed by atoms with Gasteiger partial charge >= 0.3 is 0 Å². The van der Waals surface area contributed by atoms with Gasteiger partial charge in [0.2, 0.25) is 0 Å². The number of hydrogen-bond acceptors (Lipinski definition) is 5. The number of hydrogen-bond donors (Lipinski definition) is 2. The molecule has 1 aromatic heterocycles. The van der Waals surface area contributed by atoms with Crippen LogP contribution in [0.3, 0.4) is 0 Å². The first-order valence-corrected chi connectivity index (χ1v) is 9.21. The second-order valence-electron chi connectivity index (χ2n) is 6.35. The van der Waals surface area contributed by atoms with Gasteiger partial charge in [0.1, 0.15) is 5.82 Å². The minimum atomic E-state index is -0.406. The summed E-state index contributed by atoms with van der Waals surface area (Å²) in [5, 5.41) is 15.5. The van der Waals surface area contributed by atoms with Gasteiger partial charge in [0, 0.05) is 23.1 Å². The lowest BCUT2D eigenvalue weighted by molar-refractivity contribution is -0.894. The number of quaternary nitrogens is 1. The number of para-hydroxylation sites is 1. The summed E-state index contributed by atoms with van der Waals surface area (Å²) >= 11 is 0. The molecule has 1 heterocycles. The summed E-state index contributed by atoms with van der Waals surface area (Å²) in [6.45, 7) is 8.33. The number of fused-ring (bicyclic) bond motifs is 1. The first kappa shape index (κ1) is 18.7. The van der Waals surface area contributed by atoms with Crippen LogP contribution >= 0.6 is 0 Å². The van der Waals surface area contributed by atoms with Crippen LogP contribution in [0.1, 0.15) is 13.8 Å². The van der Waals surface area contributed by atoms with E-state index < -0.39 is 4.92 Å². The Kier molecular flexibility index (Phi) is 5.93. The molecular formula is C20H24N5O2+. The van der Waals surface area contributed by atoms with Crippen LogP contribution in [0.15, 0.2) is 48.5 Å². The Bertz CT molecular complexity index is 941. The van der Waals surface area contributed by atoms with E-state index >= 15 is 0 Å². The number of benzene rings is 2. The number of rotatable bonds is 8. The maximum absolute atomic E-state index is 11.1. The summed E-state index contributed by atoms with van der Waals surface area (Å²) in [7, 11) is 0. The number of nitro benzene ring substituents is 1. The lowest BCUT2D eigenvalue weighted by Gasteiger charge is -2.16. The maximum atomic E-state index is 11.1. The number of non-ortho nitro benzene ring substituents is 1. The minimum absolute atomic E-state index is 0.0314. The van der Waals surface area contributed by atoms with Gasteiger partial charge in [-0.3, -0.25) is 10.1 Å². The zero-order valence-electron chi connectivity index (χ0n) is 15.6. The van der Waals surface area contributed by atoms with Gasteiger partial charge in [-0.05, 0) is 26.0 Å². The summed E-state index contributed by atoms with van der Waals surface area (Å²) in [5.41, 5.74) is 1.47. The fourth-order valence-corrected chi connectivity index (χ4v) is 3.06. The van der Waals surface area contributed by atoms with Crippen LogP contribution < -0.4 is 10.2 Å². The average molecular weight is 366 g/mol. The summed E-state index contributed by atoms with van der Waals surface area (Å²) < 4.78 is 0. The van der Waals surface area contributed by atoms with E-state index in [2.05, 4.69) is 29.1 Å². The average Bonchev–Trinajstić information content (AvgIpc) is 2.71. The van der Waals surface area contributed by atoms with E-state index in [-0.39, 0.29) is 5.69 Å². The first-order valence-electron chi connectivity index (χ1n) is 9.21. The predicted octanol–water partition coefficient (Wildman–Crippen LogP) is 2.54. The quantitative estimate of drug-likeness (QED) is 0.473. The molecule has 0 bridgehead atoms. The number of likely N-dealkylation sites (N-methyl/N-ethyl adjacent to an activating group) is 1. The smallest absolute Gasteiger partial charge is 0.270 e. The summed E-state index contributed by atoms with van der Waals surface area (Å²) in [6.07, 6.45) is 0. The van der Waals surface area contributed by atoms with E-state index in [9.17, 15) is 10.1 Å². The molecule has 27 heavy (non-hydrogen) atoms. The van der Waals surface area contributed by atoms with Gasteiger partial charge in [0.15, 0.2) is 5.82 Å². The lowest BCUT2D eigenvalue weighted by Crippen LogP contribution is -3.12. The third-order valence-electron chi connectivity index (χ3n) is 4.69. The summed E-state index contributed by atoms with van der Waals surface area (Å²) in [4.78, 5) is 21.5. The van der Waals surface area contributed by atoms with E-state index in [1.165, 1.54) is 17.0 Å². The van der Waals surface area contributed by atoms with Gasteiger partial charge in [0.05, 0.1) is 36.6 Å². The molecule has 0 atom stereocenters. The number of aromatic nitrogens is 2. The molecule has 0 saturated heterocycles. The van der Waals surface area contributed by atoms with Crippen molar-refractivity contribution < 1.29 is 9.82 Å². The molecule has 0 aliphatic heterocycles. The third-order valence-corrected chi connectivity index (χ3v) is 4.69. The van der Waals surface area contributed by atoms with Gasteiger partial charge in [-0.1, -0.05) is 24.3 Å². The molecule has 7 nitrogen and oxygen atoms in total. The monoisotopic (exact) mass is 366 g/mol. The molecule has 2 N–H and O–H groups in total. The van der Waals surface area contributed by atoms with Crippen LogP contribution in [0, 0.1) is 10.1 Å². The van der Waals surface area contributed by atoms with Gasteiger partial charge in [-0.2, -0.15) is 0 Å². The van der Waals surface area contributed by atoms with Gasteiger partial charge in [-0.25, -0.2) is 9.97 Å². The number of anilines is 1. The molecule has 0 fully saturated rings. The van der Waals surface area contributed by atoms with Crippen LogP contribution in [0.2, 0.25) is 0 Å². The molecule has 7 heteroatoms. The topological polar surface area (TPSA) is 85.4 Å². The normalized spacial score (nSPS) is 11.1. The second-order valence-corrected chi connectivity index (χ2v) is 6.35. The number of nitro groups is 1. The van der Waals surface area contributed by atoms with Crippen molar-refractivity contribution in [2.45, 2.75) is 13.8 Å². The molecule has 0 saturated carbocycles. The number of nitrogens with zero attached hydrogens (tertiary/aromatic N) is 3. The number of nitrogens with one attached hydrogen (secondary N) is 2. The Morgan fingerprint density at radius 2 is 1.85 bits per heavy atom. The Labute approximate surface area is 158 Å². The molecule has 3 rings (SSSR count). The SMILES string of the molecule is CC[NH+](CC)CCNc1nc(-c2cccc([N+](=O)[O-])c2)nc2ccccc12. The molecule has 3 aromatic rings. The van der Waals surface area contributed by atoms with Crippen LogP contribution in [-0.2, 0) is 0 Å². The molecular weight excluding hydrogens is 342 g/mol. The third kappa shape index (κ3) is 4.38. The summed E-state index contributed by atoms with van der Waals surface area (Å²) in [6, 6.07) is 14.2. The van der Waals surface area contributed by atoms with Crippen molar-refractivity contribution in [1.82, 2.24) is 9.97 Å². The zero-order chi connectivity index (χ0) is 19.2. The largest absolute Gasteiger partial charge is 0.364 e. The molecule has 0 aliphatic rings. The van der Waals surface area contributed by atoms with Crippen molar-refractivity contribution in [3.63, 3.8) is 0 Å². The highest BCUT2D eigenvalue weighted by Gasteiger charge is 2.13. The minimum Gasteiger partial charge on any atom is -0.364 e. The molecule has 0 unspecified atom stereocenters. The Balaban J connectivity index is 1.95. The van der Waals surface area contributed by atoms with Crippen LogP contribution in [0.4, 0.5) is 11.5 Å². The molecule has 140 valence electrons. The van der Waals surface area contributed by atoms with Gasteiger partial charge < -0.3 is 10.2 Å². The van der Waals surface area contributed by atoms with Crippen LogP contribution in [-0.4, -0.2) is 41.1 Å². The zero-order valence-corrected chi connectivity index (χ0v) is 15.6. The molecule has 2 aromatic carbocycles. The predicted molar refractivity (Wildman–Crippen MR) is 107 cm³/mol. The fraction of sp³-hybridized carbons (Fsp3) is 0.300. The molecule has 0 amide bonds. The first-order chi connectivity index (χ1) is 13.1. The van der Waals surface area contributed by atoms with E-state index in [1.807, 2.05) is 24.3 Å². The second kappa shape index (κ2) is 8.55. The van der Waals surface area contributed by atoms with E-state index in [0.29, 0.717) is 11.4 Å². The molecule has 0 spiro atoms. The van der Waals surface area contributed by atoms with Crippen molar-refractivity contribution in [3.05, 3.63) is 58.6 Å². The van der Waals surface area contributed by atoms with Crippen molar-refractivity contribution in [2.75, 3.05) is 31.5 Å². The highest BCUT2D eigenvalue weighted by atomic mass is 16.6. The van der Waals surface area contributed by atoms with Crippen LogP contribution in [0.5, 0.6) is 0 Å². The lowest BCUT2D eigenvalue weighted by atomic mass is 10.1. The van der Waals surface area contributed by atoms with Crippen LogP contribution in [0.25, 0.3) is 22.3 Å². The van der Waals surface area contributed by atoms with Crippen molar-refractivity contribution in [2.24, 2.45) is 0 Å². The summed E-state index contributed by atoms with van der Waals surface area (Å²) in [5.74, 6) is 1.24. The Morgan fingerprint density at radius 1 is 1.07 bits per heavy atom. The van der Waals surface area contributed by atoms with E-state index in [0.717, 1.165) is 42.9 Å². The van der Waals surface area contributed by atoms with E-state index in [1.54, 1.807) is 12.1 Å².